The molecule has 0 spiro atoms. The molecule has 0 aliphatic carbocycles. The molecule has 88 valence electrons. The maximum Gasteiger partial charge on any atom is 0.257 e. The van der Waals surface area contributed by atoms with Crippen LogP contribution in [0.15, 0.2) is 6.20 Å². The van der Waals surface area contributed by atoms with Crippen molar-refractivity contribution in [3.05, 3.63) is 17.5 Å². The van der Waals surface area contributed by atoms with E-state index in [1.54, 1.807) is 6.20 Å². The SMILES string of the molecule is Cc1[nH]ncc1C(=O)N1CCC(C)(CN)C1. The first-order chi connectivity index (χ1) is 7.56. The molecule has 0 bridgehead atoms. The number of rotatable bonds is 2. The lowest BCUT2D eigenvalue weighted by Crippen LogP contribution is -2.34. The van der Waals surface area contributed by atoms with Gasteiger partial charge in [0.05, 0.1) is 11.8 Å². The van der Waals surface area contributed by atoms with Crippen molar-refractivity contribution < 1.29 is 4.79 Å². The van der Waals surface area contributed by atoms with Gasteiger partial charge in [-0.05, 0) is 25.3 Å². The van der Waals surface area contributed by atoms with Crippen LogP contribution in [-0.4, -0.2) is 40.6 Å². The van der Waals surface area contributed by atoms with Crippen LogP contribution in [0.1, 0.15) is 29.4 Å². The van der Waals surface area contributed by atoms with E-state index >= 15 is 0 Å². The van der Waals surface area contributed by atoms with Crippen LogP contribution in [0.2, 0.25) is 0 Å². The Labute approximate surface area is 95.0 Å². The Morgan fingerprint density at radius 1 is 1.75 bits per heavy atom. The first-order valence-corrected chi connectivity index (χ1v) is 5.55. The van der Waals surface area contributed by atoms with E-state index in [0.717, 1.165) is 25.2 Å². The number of carbonyl (C=O) groups excluding carboxylic acids is 1. The molecule has 3 N–H and O–H groups in total. The predicted molar refractivity (Wildman–Crippen MR) is 61.0 cm³/mol. The molecule has 1 aliphatic heterocycles. The van der Waals surface area contributed by atoms with Gasteiger partial charge in [0, 0.05) is 18.8 Å². The van der Waals surface area contributed by atoms with Gasteiger partial charge < -0.3 is 10.6 Å². The standard InChI is InChI=1S/C11H18N4O/c1-8-9(5-13-14-8)10(16)15-4-3-11(2,6-12)7-15/h5H,3-4,6-7,12H2,1-2H3,(H,13,14). The molecular formula is C11H18N4O. The number of aromatic amines is 1. The van der Waals surface area contributed by atoms with Crippen molar-refractivity contribution in [1.29, 1.82) is 0 Å². The number of nitrogens with two attached hydrogens (primary N) is 1. The fourth-order valence-electron chi connectivity index (χ4n) is 2.10. The Morgan fingerprint density at radius 2 is 2.50 bits per heavy atom. The van der Waals surface area contributed by atoms with E-state index in [1.165, 1.54) is 0 Å². The number of nitrogens with zero attached hydrogens (tertiary/aromatic N) is 2. The van der Waals surface area contributed by atoms with E-state index in [2.05, 4.69) is 17.1 Å². The molecule has 1 aromatic heterocycles. The summed E-state index contributed by atoms with van der Waals surface area (Å²) in [6.07, 6.45) is 2.57. The van der Waals surface area contributed by atoms with Crippen molar-refractivity contribution in [1.82, 2.24) is 15.1 Å². The second kappa shape index (κ2) is 3.90. The predicted octanol–water partition coefficient (Wildman–Crippen LogP) is 0.529. The molecule has 1 saturated heterocycles. The van der Waals surface area contributed by atoms with E-state index < -0.39 is 0 Å². The average molecular weight is 222 g/mol. The number of hydrogen-bond donors (Lipinski definition) is 2. The topological polar surface area (TPSA) is 75.0 Å². The van der Waals surface area contributed by atoms with Crippen molar-refractivity contribution in [3.63, 3.8) is 0 Å². The van der Waals surface area contributed by atoms with Crippen LogP contribution in [0.5, 0.6) is 0 Å². The normalized spacial score (nSPS) is 25.1. The molecule has 1 aliphatic rings. The maximum atomic E-state index is 12.2. The Morgan fingerprint density at radius 3 is 3.00 bits per heavy atom. The zero-order valence-corrected chi connectivity index (χ0v) is 9.79. The molecule has 16 heavy (non-hydrogen) atoms. The number of H-pyrrole nitrogens is 1. The highest BCUT2D eigenvalue weighted by atomic mass is 16.2. The summed E-state index contributed by atoms with van der Waals surface area (Å²) in [7, 11) is 0. The molecule has 0 radical (unpaired) electrons. The highest BCUT2D eigenvalue weighted by molar-refractivity contribution is 5.95. The molecule has 0 aromatic carbocycles. The minimum absolute atomic E-state index is 0.0587. The lowest BCUT2D eigenvalue weighted by atomic mass is 9.90. The maximum absolute atomic E-state index is 12.2. The van der Waals surface area contributed by atoms with Crippen molar-refractivity contribution >= 4 is 5.91 Å². The zero-order valence-electron chi connectivity index (χ0n) is 9.79. The van der Waals surface area contributed by atoms with E-state index in [4.69, 9.17) is 5.73 Å². The fraction of sp³-hybridized carbons (Fsp3) is 0.636. The summed E-state index contributed by atoms with van der Waals surface area (Å²) >= 11 is 0. The van der Waals surface area contributed by atoms with Crippen molar-refractivity contribution in [2.24, 2.45) is 11.1 Å². The molecule has 2 rings (SSSR count). The third-order valence-electron chi connectivity index (χ3n) is 3.40. The summed E-state index contributed by atoms with van der Waals surface area (Å²) in [4.78, 5) is 14.0. The first-order valence-electron chi connectivity index (χ1n) is 5.55. The van der Waals surface area contributed by atoms with Gasteiger partial charge in [0.25, 0.3) is 5.91 Å². The van der Waals surface area contributed by atoms with Gasteiger partial charge in [-0.1, -0.05) is 6.92 Å². The monoisotopic (exact) mass is 222 g/mol. The summed E-state index contributed by atoms with van der Waals surface area (Å²) in [5.41, 5.74) is 7.29. The Balaban J connectivity index is 2.11. The molecule has 1 fully saturated rings. The highest BCUT2D eigenvalue weighted by Gasteiger charge is 2.35. The highest BCUT2D eigenvalue weighted by Crippen LogP contribution is 2.29. The quantitative estimate of drug-likeness (QED) is 0.766. The summed E-state index contributed by atoms with van der Waals surface area (Å²) in [5.74, 6) is 0.0587. The van der Waals surface area contributed by atoms with Crippen LogP contribution in [-0.2, 0) is 0 Å². The average Bonchev–Trinajstić information content (AvgIpc) is 2.85. The molecule has 0 saturated carbocycles. The van der Waals surface area contributed by atoms with Crippen molar-refractivity contribution in [3.8, 4) is 0 Å². The van der Waals surface area contributed by atoms with Gasteiger partial charge in [0.1, 0.15) is 0 Å². The Bertz CT molecular complexity index is 400. The van der Waals surface area contributed by atoms with Gasteiger partial charge in [0.15, 0.2) is 0 Å². The molecule has 5 nitrogen and oxygen atoms in total. The summed E-state index contributed by atoms with van der Waals surface area (Å²) in [5, 5.41) is 6.66. The second-order valence-corrected chi connectivity index (χ2v) is 4.90. The number of carbonyl (C=O) groups is 1. The van der Waals surface area contributed by atoms with Crippen LogP contribution >= 0.6 is 0 Å². The second-order valence-electron chi connectivity index (χ2n) is 4.90. The molecule has 1 amide bonds. The van der Waals surface area contributed by atoms with Crippen LogP contribution in [0.25, 0.3) is 0 Å². The third kappa shape index (κ3) is 1.82. The number of nitrogens with one attached hydrogen (secondary N) is 1. The number of amides is 1. The minimum Gasteiger partial charge on any atom is -0.338 e. The smallest absolute Gasteiger partial charge is 0.257 e. The van der Waals surface area contributed by atoms with Gasteiger partial charge in [-0.2, -0.15) is 5.10 Å². The van der Waals surface area contributed by atoms with Gasteiger partial charge >= 0.3 is 0 Å². The molecule has 1 atom stereocenters. The van der Waals surface area contributed by atoms with Gasteiger partial charge in [-0.3, -0.25) is 9.89 Å². The fourth-order valence-corrected chi connectivity index (χ4v) is 2.10. The van der Waals surface area contributed by atoms with E-state index in [9.17, 15) is 4.79 Å². The molecular weight excluding hydrogens is 204 g/mol. The first kappa shape index (κ1) is 11.1. The van der Waals surface area contributed by atoms with E-state index in [-0.39, 0.29) is 11.3 Å². The van der Waals surface area contributed by atoms with E-state index in [0.29, 0.717) is 12.1 Å². The molecule has 1 aromatic rings. The van der Waals surface area contributed by atoms with E-state index in [1.807, 2.05) is 11.8 Å². The van der Waals surface area contributed by atoms with Crippen molar-refractivity contribution in [2.75, 3.05) is 19.6 Å². The molecule has 1 unspecified atom stereocenters. The Kier molecular flexibility index (Phi) is 2.71. The van der Waals surface area contributed by atoms with Gasteiger partial charge in [0.2, 0.25) is 0 Å². The Hall–Kier alpha value is -1.36. The lowest BCUT2D eigenvalue weighted by Gasteiger charge is -2.22. The van der Waals surface area contributed by atoms with Crippen LogP contribution in [0.4, 0.5) is 0 Å². The van der Waals surface area contributed by atoms with Gasteiger partial charge in [-0.25, -0.2) is 0 Å². The van der Waals surface area contributed by atoms with Crippen LogP contribution < -0.4 is 5.73 Å². The summed E-state index contributed by atoms with van der Waals surface area (Å²) < 4.78 is 0. The summed E-state index contributed by atoms with van der Waals surface area (Å²) in [6, 6.07) is 0. The third-order valence-corrected chi connectivity index (χ3v) is 3.40. The van der Waals surface area contributed by atoms with Gasteiger partial charge in [-0.15, -0.1) is 0 Å². The minimum atomic E-state index is 0.0587. The molecule has 5 heteroatoms. The van der Waals surface area contributed by atoms with Crippen molar-refractivity contribution in [2.45, 2.75) is 20.3 Å². The number of likely N-dealkylation sites (tertiary alicyclic amines) is 1. The number of aromatic nitrogens is 2. The van der Waals surface area contributed by atoms with Crippen LogP contribution in [0, 0.1) is 12.3 Å². The van der Waals surface area contributed by atoms with Crippen LogP contribution in [0.3, 0.4) is 0 Å². The molecule has 2 heterocycles. The zero-order chi connectivity index (χ0) is 11.8. The number of aryl methyl sites for hydroxylation is 1. The summed E-state index contributed by atoms with van der Waals surface area (Å²) in [6.45, 7) is 6.15. The largest absolute Gasteiger partial charge is 0.338 e. The number of hydrogen-bond acceptors (Lipinski definition) is 3. The lowest BCUT2D eigenvalue weighted by molar-refractivity contribution is 0.0776.